The van der Waals surface area contributed by atoms with Crippen LogP contribution in [0.1, 0.15) is 25.8 Å². The lowest BCUT2D eigenvalue weighted by atomic mass is 10.1. The molecule has 0 amide bonds. The van der Waals surface area contributed by atoms with Gasteiger partial charge in [-0.3, -0.25) is 4.98 Å². The van der Waals surface area contributed by atoms with E-state index in [1.165, 1.54) is 0 Å². The van der Waals surface area contributed by atoms with E-state index in [0.29, 0.717) is 11.7 Å². The smallest absolute Gasteiger partial charge is 0.244 e. The summed E-state index contributed by atoms with van der Waals surface area (Å²) in [7, 11) is 0. The van der Waals surface area contributed by atoms with Crippen LogP contribution in [-0.4, -0.2) is 15.1 Å². The van der Waals surface area contributed by atoms with Crippen molar-refractivity contribution in [2.24, 2.45) is 11.7 Å². The fraction of sp³-hybridized carbons (Fsp3) is 0.364. The SMILES string of the molecule is CC(C)[C@@H](N)c1nc(-c2ccncc2)no1. The third kappa shape index (κ3) is 2.09. The molecule has 2 rings (SSSR count). The minimum absolute atomic E-state index is 0.219. The summed E-state index contributed by atoms with van der Waals surface area (Å²) in [4.78, 5) is 8.20. The van der Waals surface area contributed by atoms with Gasteiger partial charge in [-0.2, -0.15) is 4.98 Å². The number of nitrogens with zero attached hydrogens (tertiary/aromatic N) is 3. The number of pyridine rings is 1. The van der Waals surface area contributed by atoms with Gasteiger partial charge in [-0.25, -0.2) is 0 Å². The summed E-state index contributed by atoms with van der Waals surface area (Å²) in [6.45, 7) is 4.03. The first kappa shape index (κ1) is 10.8. The van der Waals surface area contributed by atoms with Crippen molar-refractivity contribution in [1.82, 2.24) is 15.1 Å². The van der Waals surface area contributed by atoms with E-state index in [2.05, 4.69) is 15.1 Å². The van der Waals surface area contributed by atoms with Crippen LogP contribution in [0.2, 0.25) is 0 Å². The summed E-state index contributed by atoms with van der Waals surface area (Å²) >= 11 is 0. The summed E-state index contributed by atoms with van der Waals surface area (Å²) in [6.07, 6.45) is 3.38. The van der Waals surface area contributed by atoms with Gasteiger partial charge in [-0.15, -0.1) is 0 Å². The molecule has 16 heavy (non-hydrogen) atoms. The molecule has 0 aromatic carbocycles. The van der Waals surface area contributed by atoms with Crippen LogP contribution in [0.15, 0.2) is 29.0 Å². The van der Waals surface area contributed by atoms with Gasteiger partial charge in [0.15, 0.2) is 0 Å². The molecule has 2 aromatic rings. The van der Waals surface area contributed by atoms with Gasteiger partial charge in [0.2, 0.25) is 11.7 Å². The van der Waals surface area contributed by atoms with Crippen LogP contribution >= 0.6 is 0 Å². The van der Waals surface area contributed by atoms with E-state index in [1.54, 1.807) is 12.4 Å². The number of nitrogens with two attached hydrogens (primary N) is 1. The molecule has 0 fully saturated rings. The van der Waals surface area contributed by atoms with Gasteiger partial charge in [-0.1, -0.05) is 19.0 Å². The molecule has 0 aliphatic carbocycles. The van der Waals surface area contributed by atoms with Gasteiger partial charge in [-0.05, 0) is 18.1 Å². The number of aromatic nitrogens is 3. The minimum Gasteiger partial charge on any atom is -0.337 e. The van der Waals surface area contributed by atoms with Crippen molar-refractivity contribution in [1.29, 1.82) is 0 Å². The van der Waals surface area contributed by atoms with Gasteiger partial charge in [0.05, 0.1) is 6.04 Å². The van der Waals surface area contributed by atoms with E-state index in [9.17, 15) is 0 Å². The normalized spacial score (nSPS) is 13.0. The highest BCUT2D eigenvalue weighted by Crippen LogP contribution is 2.20. The number of hydrogen-bond acceptors (Lipinski definition) is 5. The van der Waals surface area contributed by atoms with Crippen molar-refractivity contribution in [2.45, 2.75) is 19.9 Å². The third-order valence-electron chi connectivity index (χ3n) is 2.38. The van der Waals surface area contributed by atoms with Gasteiger partial charge in [0.25, 0.3) is 0 Å². The maximum Gasteiger partial charge on any atom is 0.244 e. The van der Waals surface area contributed by atoms with Crippen LogP contribution in [0.5, 0.6) is 0 Å². The van der Waals surface area contributed by atoms with Crippen LogP contribution in [0, 0.1) is 5.92 Å². The molecule has 84 valence electrons. The predicted molar refractivity (Wildman–Crippen MR) is 59.3 cm³/mol. The van der Waals surface area contributed by atoms with Gasteiger partial charge in [0, 0.05) is 18.0 Å². The molecular formula is C11H14N4O. The first-order valence-electron chi connectivity index (χ1n) is 5.18. The Hall–Kier alpha value is -1.75. The van der Waals surface area contributed by atoms with E-state index < -0.39 is 0 Å². The minimum atomic E-state index is -0.219. The molecule has 0 aliphatic rings. The maximum absolute atomic E-state index is 5.92. The van der Waals surface area contributed by atoms with Gasteiger partial charge in [0.1, 0.15) is 0 Å². The van der Waals surface area contributed by atoms with E-state index in [1.807, 2.05) is 26.0 Å². The zero-order valence-electron chi connectivity index (χ0n) is 9.29. The first-order chi connectivity index (χ1) is 7.68. The van der Waals surface area contributed by atoms with Crippen LogP contribution in [0.25, 0.3) is 11.4 Å². The molecule has 0 radical (unpaired) electrons. The Kier molecular flexibility index (Phi) is 2.96. The monoisotopic (exact) mass is 218 g/mol. The summed E-state index contributed by atoms with van der Waals surface area (Å²) in [6, 6.07) is 3.44. The summed E-state index contributed by atoms with van der Waals surface area (Å²) in [5, 5.41) is 3.90. The molecule has 0 unspecified atom stereocenters. The summed E-state index contributed by atoms with van der Waals surface area (Å²) in [5.74, 6) is 1.29. The van der Waals surface area contributed by atoms with E-state index in [-0.39, 0.29) is 12.0 Å². The maximum atomic E-state index is 5.92. The van der Waals surface area contributed by atoms with Crippen molar-refractivity contribution in [3.05, 3.63) is 30.4 Å². The lowest BCUT2D eigenvalue weighted by Gasteiger charge is -2.09. The number of hydrogen-bond donors (Lipinski definition) is 1. The van der Waals surface area contributed by atoms with Crippen molar-refractivity contribution in [3.63, 3.8) is 0 Å². The molecule has 2 N–H and O–H groups in total. The summed E-state index contributed by atoms with van der Waals surface area (Å²) < 4.78 is 5.14. The van der Waals surface area contributed by atoms with E-state index >= 15 is 0 Å². The standard InChI is InChI=1S/C11H14N4O/c1-7(2)9(12)11-14-10(15-16-11)8-3-5-13-6-4-8/h3-7,9H,12H2,1-2H3/t9-/m1/s1. The Morgan fingerprint density at radius 1 is 1.25 bits per heavy atom. The third-order valence-corrected chi connectivity index (χ3v) is 2.38. The second-order valence-corrected chi connectivity index (χ2v) is 3.96. The quantitative estimate of drug-likeness (QED) is 0.849. The lowest BCUT2D eigenvalue weighted by Crippen LogP contribution is -2.16. The van der Waals surface area contributed by atoms with Crippen molar-refractivity contribution in [2.75, 3.05) is 0 Å². The molecule has 0 spiro atoms. The first-order valence-corrected chi connectivity index (χ1v) is 5.18. The highest BCUT2D eigenvalue weighted by molar-refractivity contribution is 5.52. The van der Waals surface area contributed by atoms with Crippen LogP contribution in [-0.2, 0) is 0 Å². The largest absolute Gasteiger partial charge is 0.337 e. The van der Waals surface area contributed by atoms with Crippen molar-refractivity contribution in [3.8, 4) is 11.4 Å². The van der Waals surface area contributed by atoms with Crippen molar-refractivity contribution >= 4 is 0 Å². The van der Waals surface area contributed by atoms with Crippen LogP contribution < -0.4 is 5.73 Å². The molecular weight excluding hydrogens is 204 g/mol. The Balaban J connectivity index is 2.27. The zero-order valence-corrected chi connectivity index (χ0v) is 9.29. The Morgan fingerprint density at radius 2 is 1.94 bits per heavy atom. The summed E-state index contributed by atoms with van der Waals surface area (Å²) in [5.41, 5.74) is 6.80. The molecule has 0 saturated carbocycles. The zero-order chi connectivity index (χ0) is 11.5. The topological polar surface area (TPSA) is 77.8 Å². The predicted octanol–water partition coefficient (Wildman–Crippen LogP) is 1.79. The Labute approximate surface area is 93.7 Å². The molecule has 2 aromatic heterocycles. The van der Waals surface area contributed by atoms with Crippen molar-refractivity contribution < 1.29 is 4.52 Å². The fourth-order valence-electron chi connectivity index (χ4n) is 1.27. The average Bonchev–Trinajstić information content (AvgIpc) is 2.78. The second kappa shape index (κ2) is 4.40. The molecule has 0 bridgehead atoms. The van der Waals surface area contributed by atoms with Gasteiger partial charge >= 0.3 is 0 Å². The molecule has 1 atom stereocenters. The Morgan fingerprint density at radius 3 is 2.56 bits per heavy atom. The molecule has 2 heterocycles. The Bertz CT molecular complexity index is 452. The highest BCUT2D eigenvalue weighted by atomic mass is 16.5. The fourth-order valence-corrected chi connectivity index (χ4v) is 1.27. The van der Waals surface area contributed by atoms with Crippen LogP contribution in [0.4, 0.5) is 0 Å². The number of rotatable bonds is 3. The molecule has 5 nitrogen and oxygen atoms in total. The molecule has 0 aliphatic heterocycles. The average molecular weight is 218 g/mol. The second-order valence-electron chi connectivity index (χ2n) is 3.96. The van der Waals surface area contributed by atoms with E-state index in [4.69, 9.17) is 10.3 Å². The molecule has 0 saturated heterocycles. The van der Waals surface area contributed by atoms with Gasteiger partial charge < -0.3 is 10.3 Å². The lowest BCUT2D eigenvalue weighted by molar-refractivity contribution is 0.325. The van der Waals surface area contributed by atoms with E-state index in [0.717, 1.165) is 5.56 Å². The van der Waals surface area contributed by atoms with Crippen LogP contribution in [0.3, 0.4) is 0 Å². The highest BCUT2D eigenvalue weighted by Gasteiger charge is 2.18. The molecule has 5 heteroatoms.